The van der Waals surface area contributed by atoms with Crippen LogP contribution < -0.4 is 0 Å². The Kier molecular flexibility index (Phi) is 4.68. The Morgan fingerprint density at radius 3 is 2.21 bits per heavy atom. The molecule has 28 heavy (non-hydrogen) atoms. The molecular weight excluding hydrogens is 340 g/mol. The van der Waals surface area contributed by atoms with Crippen molar-refractivity contribution < 1.29 is 5.11 Å². The average Bonchev–Trinajstić information content (AvgIpc) is 2.74. The zero-order valence-electron chi connectivity index (χ0n) is 16.5. The van der Waals surface area contributed by atoms with Crippen molar-refractivity contribution in [1.82, 2.24) is 0 Å². The van der Waals surface area contributed by atoms with Gasteiger partial charge >= 0.3 is 0 Å². The standard InChI is InChI=1S/C27H28O/c28-27-25-13-7-6-12-22(25)18-24(16-19-8-2-1-3-9-19)26(27)23-15-14-20-10-4-5-11-21(20)17-23/h1-3,8-9,14-15,17-18,28H,4-7,10-13,16H2. The zero-order chi connectivity index (χ0) is 18.9. The molecule has 142 valence electrons. The van der Waals surface area contributed by atoms with Crippen LogP contribution in [0.1, 0.15) is 59.1 Å². The summed E-state index contributed by atoms with van der Waals surface area (Å²) in [6, 6.07) is 19.9. The number of phenolic OH excluding ortho intramolecular Hbond substituents is 1. The SMILES string of the molecule is Oc1c2c(cc(Cc3ccccc3)c1-c1ccc3c(c1)CCCC3)CCCC2. The summed E-state index contributed by atoms with van der Waals surface area (Å²) in [5.74, 6) is 0.541. The van der Waals surface area contributed by atoms with Gasteiger partial charge < -0.3 is 5.11 Å². The molecule has 0 atom stereocenters. The van der Waals surface area contributed by atoms with Crippen LogP contribution in [0.3, 0.4) is 0 Å². The van der Waals surface area contributed by atoms with Gasteiger partial charge in [0, 0.05) is 5.56 Å². The molecule has 0 heterocycles. The highest BCUT2D eigenvalue weighted by molar-refractivity contribution is 5.78. The fourth-order valence-electron chi connectivity index (χ4n) is 5.11. The van der Waals surface area contributed by atoms with Gasteiger partial charge in [-0.05, 0) is 96.7 Å². The van der Waals surface area contributed by atoms with E-state index in [-0.39, 0.29) is 0 Å². The highest BCUT2D eigenvalue weighted by atomic mass is 16.3. The third kappa shape index (κ3) is 3.24. The van der Waals surface area contributed by atoms with Crippen molar-refractivity contribution >= 4 is 0 Å². The third-order valence-electron chi connectivity index (χ3n) is 6.58. The van der Waals surface area contributed by atoms with Crippen LogP contribution in [0.25, 0.3) is 11.1 Å². The maximum atomic E-state index is 11.4. The van der Waals surface area contributed by atoms with Crippen LogP contribution in [-0.2, 0) is 32.1 Å². The molecule has 5 rings (SSSR count). The molecule has 2 aliphatic rings. The molecule has 0 saturated heterocycles. The first kappa shape index (κ1) is 17.6. The van der Waals surface area contributed by atoms with E-state index in [1.165, 1.54) is 77.5 Å². The molecule has 3 aromatic rings. The number of fused-ring (bicyclic) bond motifs is 2. The quantitative estimate of drug-likeness (QED) is 0.566. The van der Waals surface area contributed by atoms with Crippen molar-refractivity contribution in [3.63, 3.8) is 0 Å². The molecule has 0 spiro atoms. The number of aryl methyl sites for hydroxylation is 3. The maximum Gasteiger partial charge on any atom is 0.127 e. The summed E-state index contributed by atoms with van der Waals surface area (Å²) < 4.78 is 0. The van der Waals surface area contributed by atoms with E-state index in [0.717, 1.165) is 24.8 Å². The molecule has 1 nitrogen and oxygen atoms in total. The van der Waals surface area contributed by atoms with Gasteiger partial charge in [-0.2, -0.15) is 0 Å². The van der Waals surface area contributed by atoms with E-state index in [2.05, 4.69) is 54.6 Å². The van der Waals surface area contributed by atoms with E-state index in [0.29, 0.717) is 5.75 Å². The van der Waals surface area contributed by atoms with Crippen LogP contribution in [-0.4, -0.2) is 5.11 Å². The smallest absolute Gasteiger partial charge is 0.127 e. The van der Waals surface area contributed by atoms with Gasteiger partial charge in [0.25, 0.3) is 0 Å². The van der Waals surface area contributed by atoms with Crippen molar-refractivity contribution in [2.24, 2.45) is 0 Å². The molecule has 1 heteroatoms. The highest BCUT2D eigenvalue weighted by Gasteiger charge is 2.22. The number of phenols is 1. The third-order valence-corrected chi connectivity index (χ3v) is 6.58. The Morgan fingerprint density at radius 1 is 0.679 bits per heavy atom. The second-order valence-electron chi connectivity index (χ2n) is 8.46. The summed E-state index contributed by atoms with van der Waals surface area (Å²) in [5, 5.41) is 11.4. The van der Waals surface area contributed by atoms with Gasteiger partial charge in [0.05, 0.1) is 0 Å². The minimum atomic E-state index is 0.541. The van der Waals surface area contributed by atoms with Gasteiger partial charge in [-0.3, -0.25) is 0 Å². The topological polar surface area (TPSA) is 20.2 Å². The monoisotopic (exact) mass is 368 g/mol. The predicted octanol–water partition coefficient (Wildman–Crippen LogP) is 6.41. The zero-order valence-corrected chi connectivity index (χ0v) is 16.5. The normalized spacial score (nSPS) is 15.7. The van der Waals surface area contributed by atoms with E-state index >= 15 is 0 Å². The lowest BCUT2D eigenvalue weighted by Crippen LogP contribution is -2.07. The number of aromatic hydroxyl groups is 1. The van der Waals surface area contributed by atoms with E-state index in [4.69, 9.17) is 0 Å². The Bertz CT molecular complexity index is 1000. The summed E-state index contributed by atoms with van der Waals surface area (Å²) >= 11 is 0. The van der Waals surface area contributed by atoms with Crippen LogP contribution in [0.5, 0.6) is 5.75 Å². The molecule has 1 N–H and O–H groups in total. The molecule has 0 fully saturated rings. The van der Waals surface area contributed by atoms with Crippen molar-refractivity contribution in [3.8, 4) is 16.9 Å². The second-order valence-corrected chi connectivity index (χ2v) is 8.46. The molecule has 0 aliphatic heterocycles. The molecule has 0 amide bonds. The fourth-order valence-corrected chi connectivity index (χ4v) is 5.11. The van der Waals surface area contributed by atoms with E-state index < -0.39 is 0 Å². The lowest BCUT2D eigenvalue weighted by atomic mass is 9.82. The fraction of sp³-hybridized carbons (Fsp3) is 0.333. The van der Waals surface area contributed by atoms with Crippen LogP contribution in [0.15, 0.2) is 54.6 Å². The minimum Gasteiger partial charge on any atom is -0.507 e. The molecule has 0 aromatic heterocycles. The molecule has 0 radical (unpaired) electrons. The summed E-state index contributed by atoms with van der Waals surface area (Å²) in [6.45, 7) is 0. The molecular formula is C27H28O. The largest absolute Gasteiger partial charge is 0.507 e. The Labute approximate surface area is 168 Å². The first-order valence-corrected chi connectivity index (χ1v) is 10.8. The van der Waals surface area contributed by atoms with Gasteiger partial charge in [-0.25, -0.2) is 0 Å². The van der Waals surface area contributed by atoms with Crippen LogP contribution in [0.2, 0.25) is 0 Å². The summed E-state index contributed by atoms with van der Waals surface area (Å²) in [4.78, 5) is 0. The Morgan fingerprint density at radius 2 is 1.39 bits per heavy atom. The van der Waals surface area contributed by atoms with Gasteiger partial charge in [0.15, 0.2) is 0 Å². The Hall–Kier alpha value is -2.54. The molecule has 0 bridgehead atoms. The summed E-state index contributed by atoms with van der Waals surface area (Å²) in [5.41, 5.74) is 10.4. The number of rotatable bonds is 3. The van der Waals surface area contributed by atoms with E-state index in [9.17, 15) is 5.11 Å². The molecule has 0 unspecified atom stereocenters. The molecule has 0 saturated carbocycles. The lowest BCUT2D eigenvalue weighted by Gasteiger charge is -2.24. The van der Waals surface area contributed by atoms with Crippen LogP contribution in [0, 0.1) is 0 Å². The Balaban J connectivity index is 1.66. The number of hydrogen-bond acceptors (Lipinski definition) is 1. The lowest BCUT2D eigenvalue weighted by molar-refractivity contribution is 0.463. The van der Waals surface area contributed by atoms with Gasteiger partial charge in [-0.15, -0.1) is 0 Å². The molecule has 3 aromatic carbocycles. The van der Waals surface area contributed by atoms with Crippen molar-refractivity contribution in [2.45, 2.75) is 57.8 Å². The summed E-state index contributed by atoms with van der Waals surface area (Å²) in [7, 11) is 0. The highest BCUT2D eigenvalue weighted by Crippen LogP contribution is 2.42. The number of hydrogen-bond donors (Lipinski definition) is 1. The predicted molar refractivity (Wildman–Crippen MR) is 116 cm³/mol. The molecule has 2 aliphatic carbocycles. The van der Waals surface area contributed by atoms with Crippen LogP contribution in [0.4, 0.5) is 0 Å². The van der Waals surface area contributed by atoms with Crippen molar-refractivity contribution in [2.75, 3.05) is 0 Å². The van der Waals surface area contributed by atoms with Crippen molar-refractivity contribution in [1.29, 1.82) is 0 Å². The maximum absolute atomic E-state index is 11.4. The number of benzene rings is 3. The average molecular weight is 369 g/mol. The summed E-state index contributed by atoms with van der Waals surface area (Å²) in [6.07, 6.45) is 10.3. The van der Waals surface area contributed by atoms with Gasteiger partial charge in [0.2, 0.25) is 0 Å². The first-order valence-electron chi connectivity index (χ1n) is 10.8. The van der Waals surface area contributed by atoms with Gasteiger partial charge in [0.1, 0.15) is 5.75 Å². The minimum absolute atomic E-state index is 0.541. The van der Waals surface area contributed by atoms with Gasteiger partial charge in [-0.1, -0.05) is 54.6 Å². The van der Waals surface area contributed by atoms with Crippen molar-refractivity contribution in [3.05, 3.63) is 88.0 Å². The second kappa shape index (κ2) is 7.47. The first-order chi connectivity index (χ1) is 13.8. The van der Waals surface area contributed by atoms with E-state index in [1.807, 2.05) is 0 Å². The van der Waals surface area contributed by atoms with Crippen LogP contribution >= 0.6 is 0 Å². The van der Waals surface area contributed by atoms with E-state index in [1.54, 1.807) is 0 Å².